The smallest absolute Gasteiger partial charge is 0.127 e. The molecule has 1 aliphatic rings. The highest BCUT2D eigenvalue weighted by atomic mass is 19.1. The largest absolute Gasteiger partial charge is 0.340 e. The van der Waals surface area contributed by atoms with Crippen LogP contribution in [0.2, 0.25) is 0 Å². The minimum absolute atomic E-state index is 0.118. The van der Waals surface area contributed by atoms with Gasteiger partial charge in [0.2, 0.25) is 0 Å². The third-order valence-electron chi connectivity index (χ3n) is 5.18. The minimum Gasteiger partial charge on any atom is -0.340 e. The zero-order chi connectivity index (χ0) is 17.8. The molecule has 132 valence electrons. The second-order valence-corrected chi connectivity index (χ2v) is 6.81. The van der Waals surface area contributed by atoms with Crippen LogP contribution in [0.15, 0.2) is 30.3 Å². The molecule has 0 radical (unpaired) electrons. The summed E-state index contributed by atoms with van der Waals surface area (Å²) in [6, 6.07) is 11.3. The van der Waals surface area contributed by atoms with Gasteiger partial charge in [-0.15, -0.1) is 0 Å². The third-order valence-corrected chi connectivity index (χ3v) is 5.18. The lowest BCUT2D eigenvalue weighted by Crippen LogP contribution is -2.30. The van der Waals surface area contributed by atoms with Crippen LogP contribution in [0, 0.1) is 24.1 Å². The van der Waals surface area contributed by atoms with Gasteiger partial charge in [0.25, 0.3) is 0 Å². The van der Waals surface area contributed by atoms with Gasteiger partial charge in [0.1, 0.15) is 17.6 Å². The van der Waals surface area contributed by atoms with E-state index in [2.05, 4.69) is 22.8 Å². The van der Waals surface area contributed by atoms with Crippen molar-refractivity contribution in [3.8, 4) is 6.07 Å². The fourth-order valence-electron chi connectivity index (χ4n) is 3.48. The molecule has 1 aliphatic heterocycles. The van der Waals surface area contributed by atoms with Crippen LogP contribution in [0.25, 0.3) is 0 Å². The number of nitriles is 1. The number of hydrogen-bond acceptors (Lipinski definition) is 3. The molecular formula is C20H25FN4. The lowest BCUT2D eigenvalue weighted by molar-refractivity contribution is 0.245. The van der Waals surface area contributed by atoms with E-state index in [0.29, 0.717) is 12.2 Å². The van der Waals surface area contributed by atoms with Crippen LogP contribution in [0.3, 0.4) is 0 Å². The summed E-state index contributed by atoms with van der Waals surface area (Å²) < 4.78 is 15.8. The fraction of sp³-hybridized carbons (Fsp3) is 0.450. The van der Waals surface area contributed by atoms with Crippen LogP contribution < -0.4 is 0 Å². The molecular weight excluding hydrogens is 315 g/mol. The summed E-state index contributed by atoms with van der Waals surface area (Å²) in [7, 11) is 1.94. The zero-order valence-electron chi connectivity index (χ0n) is 15.0. The maximum Gasteiger partial charge on any atom is 0.127 e. The van der Waals surface area contributed by atoms with Crippen molar-refractivity contribution >= 4 is 0 Å². The number of nitrogens with zero attached hydrogens (tertiary/aromatic N) is 4. The Morgan fingerprint density at radius 2 is 1.68 bits per heavy atom. The topological polar surface area (TPSA) is 35.2 Å². The quantitative estimate of drug-likeness (QED) is 0.858. The zero-order valence-corrected chi connectivity index (χ0v) is 15.0. The molecule has 2 heterocycles. The summed E-state index contributed by atoms with van der Waals surface area (Å²) in [6.07, 6.45) is 1.07. The molecule has 0 atom stereocenters. The molecule has 0 spiro atoms. The Morgan fingerprint density at radius 1 is 1.04 bits per heavy atom. The Labute approximate surface area is 149 Å². The summed E-state index contributed by atoms with van der Waals surface area (Å²) in [5.41, 5.74) is 3.86. The number of benzene rings is 1. The van der Waals surface area contributed by atoms with Gasteiger partial charge in [0, 0.05) is 44.5 Å². The lowest BCUT2D eigenvalue weighted by atomic mass is 10.2. The summed E-state index contributed by atoms with van der Waals surface area (Å²) in [4.78, 5) is 4.77. The molecule has 25 heavy (non-hydrogen) atoms. The molecule has 1 aromatic carbocycles. The normalized spacial score (nSPS) is 16.6. The molecule has 0 unspecified atom stereocenters. The highest BCUT2D eigenvalue weighted by Gasteiger charge is 2.18. The molecule has 5 heteroatoms. The Hall–Kier alpha value is -2.16. The highest BCUT2D eigenvalue weighted by molar-refractivity contribution is 5.34. The van der Waals surface area contributed by atoms with E-state index in [0.717, 1.165) is 50.4 Å². The van der Waals surface area contributed by atoms with E-state index in [1.54, 1.807) is 6.07 Å². The van der Waals surface area contributed by atoms with Crippen molar-refractivity contribution in [2.75, 3.05) is 26.2 Å². The van der Waals surface area contributed by atoms with Gasteiger partial charge < -0.3 is 4.57 Å². The van der Waals surface area contributed by atoms with E-state index < -0.39 is 0 Å². The van der Waals surface area contributed by atoms with E-state index in [4.69, 9.17) is 0 Å². The molecule has 0 aliphatic carbocycles. The lowest BCUT2D eigenvalue weighted by Gasteiger charge is -2.22. The average Bonchev–Trinajstić information content (AvgIpc) is 2.77. The first-order valence-electron chi connectivity index (χ1n) is 8.82. The maximum atomic E-state index is 13.9. The second-order valence-electron chi connectivity index (χ2n) is 6.81. The number of halogens is 1. The number of rotatable bonds is 4. The van der Waals surface area contributed by atoms with Crippen molar-refractivity contribution in [3.05, 3.63) is 58.7 Å². The maximum absolute atomic E-state index is 13.9. The number of hydrogen-bond donors (Lipinski definition) is 0. The summed E-state index contributed by atoms with van der Waals surface area (Å²) in [5, 5.41) is 9.18. The van der Waals surface area contributed by atoms with Crippen molar-refractivity contribution in [1.29, 1.82) is 5.26 Å². The van der Waals surface area contributed by atoms with Gasteiger partial charge in [-0.2, -0.15) is 5.26 Å². The Balaban J connectivity index is 1.60. The second kappa shape index (κ2) is 7.81. The summed E-state index contributed by atoms with van der Waals surface area (Å²) in [6.45, 7) is 7.53. The molecule has 2 aromatic rings. The average molecular weight is 340 g/mol. The van der Waals surface area contributed by atoms with Gasteiger partial charge in [-0.05, 0) is 44.1 Å². The van der Waals surface area contributed by atoms with E-state index in [1.807, 2.05) is 29.8 Å². The predicted molar refractivity (Wildman–Crippen MR) is 96.4 cm³/mol. The van der Waals surface area contributed by atoms with Crippen molar-refractivity contribution in [3.63, 3.8) is 0 Å². The third kappa shape index (κ3) is 4.09. The fourth-order valence-corrected chi connectivity index (χ4v) is 3.48. The van der Waals surface area contributed by atoms with Crippen LogP contribution in [0.4, 0.5) is 4.39 Å². The molecule has 1 saturated heterocycles. The molecule has 0 saturated carbocycles. The standard InChI is InChI=1S/C20H25FN4/c1-16-18(12-19(13-22)23(16)2)15-25-9-5-8-24(10-11-25)14-17-6-3-4-7-20(17)21/h3-4,6-7,12H,5,8-11,14-15H2,1-2H3. The van der Waals surface area contributed by atoms with Crippen molar-refractivity contribution < 1.29 is 4.39 Å². The molecule has 0 bridgehead atoms. The summed E-state index contributed by atoms with van der Waals surface area (Å²) in [5.74, 6) is -0.118. The van der Waals surface area contributed by atoms with Gasteiger partial charge in [0.15, 0.2) is 0 Å². The van der Waals surface area contributed by atoms with Crippen LogP contribution in [-0.4, -0.2) is 40.5 Å². The van der Waals surface area contributed by atoms with Crippen LogP contribution in [0.5, 0.6) is 0 Å². The first-order valence-corrected chi connectivity index (χ1v) is 8.82. The molecule has 1 fully saturated rings. The van der Waals surface area contributed by atoms with E-state index in [9.17, 15) is 9.65 Å². The number of aromatic nitrogens is 1. The van der Waals surface area contributed by atoms with Gasteiger partial charge >= 0.3 is 0 Å². The van der Waals surface area contributed by atoms with Crippen LogP contribution in [0.1, 0.15) is 28.9 Å². The molecule has 0 N–H and O–H groups in total. The first kappa shape index (κ1) is 17.7. The van der Waals surface area contributed by atoms with E-state index >= 15 is 0 Å². The van der Waals surface area contributed by atoms with Crippen molar-refractivity contribution in [2.45, 2.75) is 26.4 Å². The SMILES string of the molecule is Cc1c(CN2CCCN(Cc3ccccc3F)CC2)cc(C#N)n1C. The van der Waals surface area contributed by atoms with Crippen molar-refractivity contribution in [1.82, 2.24) is 14.4 Å². The highest BCUT2D eigenvalue weighted by Crippen LogP contribution is 2.18. The van der Waals surface area contributed by atoms with Crippen molar-refractivity contribution in [2.24, 2.45) is 7.05 Å². The van der Waals surface area contributed by atoms with Gasteiger partial charge in [0.05, 0.1) is 0 Å². The Bertz CT molecular complexity index is 774. The van der Waals surface area contributed by atoms with Crippen LogP contribution in [-0.2, 0) is 20.1 Å². The first-order chi connectivity index (χ1) is 12.1. The molecule has 0 amide bonds. The van der Waals surface area contributed by atoms with Crippen LogP contribution >= 0.6 is 0 Å². The van der Waals surface area contributed by atoms with Gasteiger partial charge in [-0.25, -0.2) is 4.39 Å². The predicted octanol–water partition coefficient (Wildman–Crippen LogP) is 3.05. The van der Waals surface area contributed by atoms with E-state index in [1.165, 1.54) is 11.6 Å². The Kier molecular flexibility index (Phi) is 5.52. The molecule has 3 rings (SSSR count). The van der Waals surface area contributed by atoms with Gasteiger partial charge in [-0.3, -0.25) is 9.80 Å². The van der Waals surface area contributed by atoms with E-state index in [-0.39, 0.29) is 5.82 Å². The Morgan fingerprint density at radius 3 is 2.28 bits per heavy atom. The molecule has 4 nitrogen and oxygen atoms in total. The summed E-state index contributed by atoms with van der Waals surface area (Å²) >= 11 is 0. The minimum atomic E-state index is -0.118. The molecule has 1 aromatic heterocycles. The van der Waals surface area contributed by atoms with Gasteiger partial charge in [-0.1, -0.05) is 18.2 Å². The monoisotopic (exact) mass is 340 g/mol.